The second kappa shape index (κ2) is 7.71. The molecule has 1 atom stereocenters. The maximum absolute atomic E-state index is 11.7. The second-order valence-corrected chi connectivity index (χ2v) is 5.11. The minimum Gasteiger partial charge on any atom is -0.373 e. The molecule has 5 heteroatoms. The molecule has 1 aliphatic carbocycles. The van der Waals surface area contributed by atoms with Crippen molar-refractivity contribution in [2.75, 3.05) is 32.9 Å². The van der Waals surface area contributed by atoms with E-state index >= 15 is 0 Å². The van der Waals surface area contributed by atoms with Crippen LogP contribution in [0.15, 0.2) is 0 Å². The van der Waals surface area contributed by atoms with Crippen LogP contribution in [0.2, 0.25) is 0 Å². The highest BCUT2D eigenvalue weighted by molar-refractivity contribution is 5.77. The Morgan fingerprint density at radius 1 is 1.33 bits per heavy atom. The maximum atomic E-state index is 11.7. The Morgan fingerprint density at radius 2 is 2.17 bits per heavy atom. The van der Waals surface area contributed by atoms with Crippen molar-refractivity contribution in [2.45, 2.75) is 44.2 Å². The molecule has 1 saturated heterocycles. The van der Waals surface area contributed by atoms with Gasteiger partial charge in [0.25, 0.3) is 0 Å². The van der Waals surface area contributed by atoms with Gasteiger partial charge in [-0.3, -0.25) is 4.79 Å². The highest BCUT2D eigenvalue weighted by Gasteiger charge is 2.17. The summed E-state index contributed by atoms with van der Waals surface area (Å²) < 4.78 is 10.9. The van der Waals surface area contributed by atoms with Crippen LogP contribution in [-0.4, -0.2) is 51.0 Å². The molecule has 0 aromatic rings. The molecule has 2 aliphatic rings. The molecular formula is C13H24N2O3. The van der Waals surface area contributed by atoms with Crippen molar-refractivity contribution < 1.29 is 14.3 Å². The lowest BCUT2D eigenvalue weighted by molar-refractivity contribution is -0.128. The Kier molecular flexibility index (Phi) is 5.90. The summed E-state index contributed by atoms with van der Waals surface area (Å²) in [6.45, 7) is 3.08. The fraction of sp³-hybridized carbons (Fsp3) is 0.923. The molecule has 1 unspecified atom stereocenters. The summed E-state index contributed by atoms with van der Waals surface area (Å²) in [6.07, 6.45) is 6.07. The lowest BCUT2D eigenvalue weighted by atomic mass is 9.95. The zero-order valence-electron chi connectivity index (χ0n) is 11.0. The molecule has 0 radical (unpaired) electrons. The lowest BCUT2D eigenvalue weighted by Crippen LogP contribution is -2.42. The minimum absolute atomic E-state index is 0.00525. The third-order valence-electron chi connectivity index (χ3n) is 3.51. The average Bonchev–Trinajstić information content (AvgIpc) is 2.41. The molecule has 1 amide bonds. The van der Waals surface area contributed by atoms with Gasteiger partial charge >= 0.3 is 0 Å². The van der Waals surface area contributed by atoms with E-state index in [1.165, 1.54) is 19.3 Å². The van der Waals surface area contributed by atoms with Gasteiger partial charge in [0, 0.05) is 19.1 Å². The standard InChI is InChI=1S/C13H24N2O3/c16-13(15-11-4-2-1-3-5-11)10-17-9-12-8-14-6-7-18-12/h11-12,14H,1-10H2,(H,15,16). The van der Waals surface area contributed by atoms with Crippen molar-refractivity contribution in [3.05, 3.63) is 0 Å². The summed E-state index contributed by atoms with van der Waals surface area (Å²) in [7, 11) is 0. The van der Waals surface area contributed by atoms with E-state index in [9.17, 15) is 4.79 Å². The molecular weight excluding hydrogens is 232 g/mol. The molecule has 0 aromatic heterocycles. The van der Waals surface area contributed by atoms with Crippen LogP contribution in [0.4, 0.5) is 0 Å². The van der Waals surface area contributed by atoms with Crippen LogP contribution in [0, 0.1) is 0 Å². The highest BCUT2D eigenvalue weighted by atomic mass is 16.5. The van der Waals surface area contributed by atoms with Crippen molar-refractivity contribution in [1.29, 1.82) is 0 Å². The first-order chi connectivity index (χ1) is 8.84. The second-order valence-electron chi connectivity index (χ2n) is 5.11. The predicted molar refractivity (Wildman–Crippen MR) is 68.4 cm³/mol. The monoisotopic (exact) mass is 256 g/mol. The van der Waals surface area contributed by atoms with Gasteiger partial charge in [0.05, 0.1) is 19.3 Å². The number of amides is 1. The highest BCUT2D eigenvalue weighted by Crippen LogP contribution is 2.17. The molecule has 1 aliphatic heterocycles. The number of carbonyl (C=O) groups excluding carboxylic acids is 1. The van der Waals surface area contributed by atoms with Gasteiger partial charge in [0.1, 0.15) is 6.61 Å². The van der Waals surface area contributed by atoms with Crippen molar-refractivity contribution in [1.82, 2.24) is 10.6 Å². The Balaban J connectivity index is 1.53. The number of hydrogen-bond acceptors (Lipinski definition) is 4. The van der Waals surface area contributed by atoms with Gasteiger partial charge < -0.3 is 20.1 Å². The van der Waals surface area contributed by atoms with Crippen LogP contribution in [0.3, 0.4) is 0 Å². The van der Waals surface area contributed by atoms with Gasteiger partial charge in [-0.2, -0.15) is 0 Å². The summed E-state index contributed by atoms with van der Waals surface area (Å²) in [5, 5.41) is 6.27. The average molecular weight is 256 g/mol. The molecule has 2 rings (SSSR count). The van der Waals surface area contributed by atoms with Crippen LogP contribution in [0.5, 0.6) is 0 Å². The summed E-state index contributed by atoms with van der Waals surface area (Å²) in [5.74, 6) is 0.00525. The summed E-state index contributed by atoms with van der Waals surface area (Å²) in [5.41, 5.74) is 0. The SMILES string of the molecule is O=C(COCC1CNCCO1)NC1CCCCC1. The number of hydrogen-bond donors (Lipinski definition) is 2. The predicted octanol–water partition coefficient (Wildman–Crippen LogP) is 0.440. The van der Waals surface area contributed by atoms with Crippen LogP contribution in [0.1, 0.15) is 32.1 Å². The summed E-state index contributed by atoms with van der Waals surface area (Å²) in [6, 6.07) is 0.363. The fourth-order valence-electron chi connectivity index (χ4n) is 2.53. The Labute approximate surface area is 109 Å². The maximum Gasteiger partial charge on any atom is 0.246 e. The van der Waals surface area contributed by atoms with Gasteiger partial charge in [-0.1, -0.05) is 19.3 Å². The quantitative estimate of drug-likeness (QED) is 0.749. The molecule has 18 heavy (non-hydrogen) atoms. The smallest absolute Gasteiger partial charge is 0.246 e. The van der Waals surface area contributed by atoms with Gasteiger partial charge in [-0.25, -0.2) is 0 Å². The minimum atomic E-state index is 0.00525. The molecule has 0 spiro atoms. The van der Waals surface area contributed by atoms with Gasteiger partial charge in [0.15, 0.2) is 0 Å². The van der Waals surface area contributed by atoms with E-state index in [1.807, 2.05) is 0 Å². The number of nitrogens with one attached hydrogen (secondary N) is 2. The van der Waals surface area contributed by atoms with Crippen molar-refractivity contribution >= 4 is 5.91 Å². The van der Waals surface area contributed by atoms with Crippen LogP contribution in [0.25, 0.3) is 0 Å². The van der Waals surface area contributed by atoms with Crippen LogP contribution in [-0.2, 0) is 14.3 Å². The van der Waals surface area contributed by atoms with Crippen molar-refractivity contribution in [2.24, 2.45) is 0 Å². The zero-order chi connectivity index (χ0) is 12.6. The first-order valence-corrected chi connectivity index (χ1v) is 7.04. The van der Waals surface area contributed by atoms with Crippen LogP contribution < -0.4 is 10.6 Å². The van der Waals surface area contributed by atoms with Crippen molar-refractivity contribution in [3.8, 4) is 0 Å². The third kappa shape index (κ3) is 4.92. The number of ether oxygens (including phenoxy) is 2. The van der Waals surface area contributed by atoms with Gasteiger partial charge in [-0.15, -0.1) is 0 Å². The first kappa shape index (κ1) is 13.8. The van der Waals surface area contributed by atoms with Gasteiger partial charge in [0.2, 0.25) is 5.91 Å². The van der Waals surface area contributed by atoms with E-state index in [4.69, 9.17) is 9.47 Å². The molecule has 1 heterocycles. The summed E-state index contributed by atoms with van der Waals surface area (Å²) in [4.78, 5) is 11.7. The Morgan fingerprint density at radius 3 is 2.89 bits per heavy atom. The lowest BCUT2D eigenvalue weighted by Gasteiger charge is -2.24. The summed E-state index contributed by atoms with van der Waals surface area (Å²) >= 11 is 0. The number of rotatable bonds is 5. The van der Waals surface area contributed by atoms with E-state index in [1.54, 1.807) is 0 Å². The van der Waals surface area contributed by atoms with E-state index < -0.39 is 0 Å². The van der Waals surface area contributed by atoms with E-state index in [-0.39, 0.29) is 18.6 Å². The Bertz CT molecular complexity index is 249. The molecule has 0 aromatic carbocycles. The normalized spacial score (nSPS) is 25.9. The zero-order valence-corrected chi connectivity index (χ0v) is 11.0. The van der Waals surface area contributed by atoms with Crippen LogP contribution >= 0.6 is 0 Å². The fourth-order valence-corrected chi connectivity index (χ4v) is 2.53. The molecule has 0 bridgehead atoms. The molecule has 1 saturated carbocycles. The van der Waals surface area contributed by atoms with E-state index in [2.05, 4.69) is 10.6 Å². The van der Waals surface area contributed by atoms with Crippen molar-refractivity contribution in [3.63, 3.8) is 0 Å². The first-order valence-electron chi connectivity index (χ1n) is 7.04. The number of morpholine rings is 1. The Hall–Kier alpha value is -0.650. The molecule has 2 N–H and O–H groups in total. The largest absolute Gasteiger partial charge is 0.373 e. The molecule has 104 valence electrons. The molecule has 5 nitrogen and oxygen atoms in total. The number of carbonyl (C=O) groups is 1. The topological polar surface area (TPSA) is 59.6 Å². The third-order valence-corrected chi connectivity index (χ3v) is 3.51. The van der Waals surface area contributed by atoms with Gasteiger partial charge in [-0.05, 0) is 12.8 Å². The van der Waals surface area contributed by atoms with E-state index in [0.29, 0.717) is 12.6 Å². The van der Waals surface area contributed by atoms with E-state index in [0.717, 1.165) is 32.5 Å². The molecule has 2 fully saturated rings.